The maximum absolute atomic E-state index is 11.8. The molecule has 0 amide bonds. The topological polar surface area (TPSA) is 68.2 Å². The lowest BCUT2D eigenvalue weighted by atomic mass is 10.1. The molecule has 2 rings (SSSR count). The van der Waals surface area contributed by atoms with E-state index < -0.39 is 17.7 Å². The second kappa shape index (κ2) is 11.4. The van der Waals surface area contributed by atoms with Gasteiger partial charge in [0.2, 0.25) is 0 Å². The summed E-state index contributed by atoms with van der Waals surface area (Å²) in [7, 11) is 3.27. The quantitative estimate of drug-likeness (QED) is 0.430. The fourth-order valence-corrected chi connectivity index (χ4v) is 2.98. The molecule has 0 bridgehead atoms. The van der Waals surface area contributed by atoms with Crippen molar-refractivity contribution in [1.29, 1.82) is 0 Å². The first kappa shape index (κ1) is 24.3. The number of hydrogen-bond acceptors (Lipinski definition) is 6. The summed E-state index contributed by atoms with van der Waals surface area (Å²) in [6.45, 7) is 6.06. The summed E-state index contributed by atoms with van der Waals surface area (Å²) in [5.41, 5.74) is 1.45. The zero-order valence-corrected chi connectivity index (χ0v) is 19.0. The highest BCUT2D eigenvalue weighted by Crippen LogP contribution is 2.29. The Bertz CT molecular complexity index is 790. The van der Waals surface area contributed by atoms with Crippen molar-refractivity contribution >= 4 is 17.3 Å². The third-order valence-electron chi connectivity index (χ3n) is 4.52. The zero-order valence-electron chi connectivity index (χ0n) is 19.0. The molecule has 0 saturated heterocycles. The predicted molar refractivity (Wildman–Crippen MR) is 123 cm³/mol. The predicted octanol–water partition coefficient (Wildman–Crippen LogP) is 4.88. The smallest absolute Gasteiger partial charge is 0.330 e. The van der Waals surface area contributed by atoms with Crippen LogP contribution >= 0.6 is 0 Å². The molecular weight excluding hydrogens is 394 g/mol. The van der Waals surface area contributed by atoms with E-state index in [1.807, 2.05) is 69.3 Å². The van der Waals surface area contributed by atoms with Crippen LogP contribution < -0.4 is 14.4 Å². The molecule has 1 unspecified atom stereocenters. The number of esters is 1. The average Bonchev–Trinajstić information content (AvgIpc) is 2.73. The molecule has 0 aliphatic rings. The van der Waals surface area contributed by atoms with Crippen LogP contribution in [0.25, 0.3) is 0 Å². The summed E-state index contributed by atoms with van der Waals surface area (Å²) in [6, 6.07) is 15.6. The average molecular weight is 428 g/mol. The molecule has 0 aliphatic carbocycles. The van der Waals surface area contributed by atoms with Crippen molar-refractivity contribution in [2.75, 3.05) is 25.7 Å². The van der Waals surface area contributed by atoms with Crippen molar-refractivity contribution in [2.24, 2.45) is 0 Å². The van der Waals surface area contributed by atoms with E-state index in [4.69, 9.17) is 14.2 Å². The minimum Gasteiger partial charge on any atom is -0.497 e. The van der Waals surface area contributed by atoms with E-state index in [1.165, 1.54) is 6.08 Å². The van der Waals surface area contributed by atoms with Crippen molar-refractivity contribution in [3.63, 3.8) is 0 Å². The number of aliphatic hydroxyl groups excluding tert-OH is 1. The summed E-state index contributed by atoms with van der Waals surface area (Å²) < 4.78 is 15.7. The summed E-state index contributed by atoms with van der Waals surface area (Å²) >= 11 is 0. The number of benzene rings is 2. The van der Waals surface area contributed by atoms with Gasteiger partial charge in [0, 0.05) is 24.0 Å². The van der Waals surface area contributed by atoms with Crippen molar-refractivity contribution in [2.45, 2.75) is 45.3 Å². The lowest BCUT2D eigenvalue weighted by Gasteiger charge is -2.26. The minimum absolute atomic E-state index is 0.373. The number of carbonyl (C=O) groups excluding carboxylic acids is 1. The van der Waals surface area contributed by atoms with E-state index in [9.17, 15) is 9.90 Å². The fourth-order valence-electron chi connectivity index (χ4n) is 2.98. The third-order valence-corrected chi connectivity index (χ3v) is 4.52. The first-order valence-electron chi connectivity index (χ1n) is 10.3. The van der Waals surface area contributed by atoms with Crippen LogP contribution in [0.3, 0.4) is 0 Å². The molecule has 2 aromatic rings. The van der Waals surface area contributed by atoms with E-state index >= 15 is 0 Å². The van der Waals surface area contributed by atoms with Gasteiger partial charge in [0.25, 0.3) is 0 Å². The SMILES string of the molecule is COc1ccc(N(CCC(O)C/C=C/C(=O)OC(C)(C)C)c2ccc(OC)cc2)cc1. The molecule has 0 heterocycles. The Kier molecular flexibility index (Phi) is 8.94. The lowest BCUT2D eigenvalue weighted by molar-refractivity contribution is -0.148. The van der Waals surface area contributed by atoms with Crippen LogP contribution in [0.5, 0.6) is 11.5 Å². The number of carbonyl (C=O) groups is 1. The van der Waals surface area contributed by atoms with E-state index in [0.717, 1.165) is 22.9 Å². The molecule has 0 spiro atoms. The molecule has 168 valence electrons. The second-order valence-corrected chi connectivity index (χ2v) is 8.16. The molecular formula is C25H33NO5. The number of nitrogens with zero attached hydrogens (tertiary/aromatic N) is 1. The number of ether oxygens (including phenoxy) is 3. The highest BCUT2D eigenvalue weighted by atomic mass is 16.6. The highest BCUT2D eigenvalue weighted by molar-refractivity contribution is 5.82. The van der Waals surface area contributed by atoms with Gasteiger partial charge in [-0.3, -0.25) is 0 Å². The lowest BCUT2D eigenvalue weighted by Crippen LogP contribution is -2.23. The largest absolute Gasteiger partial charge is 0.497 e. The number of anilines is 2. The standard InChI is InChI=1S/C25H33NO5/c1-25(2,3)31-24(28)8-6-7-21(27)17-18-26(19-9-13-22(29-4)14-10-19)20-11-15-23(30-5)16-12-20/h6,8-16,21,27H,7,17-18H2,1-5H3/b8-6+. The van der Waals surface area contributed by atoms with Gasteiger partial charge in [0.1, 0.15) is 17.1 Å². The van der Waals surface area contributed by atoms with Gasteiger partial charge in [-0.25, -0.2) is 4.79 Å². The van der Waals surface area contributed by atoms with Crippen LogP contribution in [0, 0.1) is 0 Å². The molecule has 6 nitrogen and oxygen atoms in total. The molecule has 1 N–H and O–H groups in total. The molecule has 0 radical (unpaired) electrons. The molecule has 0 aliphatic heterocycles. The Balaban J connectivity index is 2.04. The minimum atomic E-state index is -0.585. The van der Waals surface area contributed by atoms with Gasteiger partial charge in [0.15, 0.2) is 0 Å². The van der Waals surface area contributed by atoms with Crippen molar-refractivity contribution in [3.8, 4) is 11.5 Å². The van der Waals surface area contributed by atoms with Crippen LogP contribution in [0.4, 0.5) is 11.4 Å². The molecule has 0 aromatic heterocycles. The van der Waals surface area contributed by atoms with Gasteiger partial charge in [-0.05, 0) is 82.1 Å². The van der Waals surface area contributed by atoms with Crippen LogP contribution in [0.1, 0.15) is 33.6 Å². The van der Waals surface area contributed by atoms with Gasteiger partial charge >= 0.3 is 5.97 Å². The molecule has 6 heteroatoms. The Morgan fingerprint density at radius 2 is 1.45 bits per heavy atom. The van der Waals surface area contributed by atoms with Gasteiger partial charge in [0.05, 0.1) is 20.3 Å². The monoisotopic (exact) mass is 427 g/mol. The van der Waals surface area contributed by atoms with Gasteiger partial charge < -0.3 is 24.2 Å². The maximum atomic E-state index is 11.8. The number of rotatable bonds is 10. The van der Waals surface area contributed by atoms with Crippen molar-refractivity contribution < 1.29 is 24.1 Å². The maximum Gasteiger partial charge on any atom is 0.330 e. The van der Waals surface area contributed by atoms with Crippen molar-refractivity contribution in [1.82, 2.24) is 0 Å². The van der Waals surface area contributed by atoms with Gasteiger partial charge in [-0.1, -0.05) is 6.08 Å². The van der Waals surface area contributed by atoms with Crippen molar-refractivity contribution in [3.05, 3.63) is 60.7 Å². The Morgan fingerprint density at radius 1 is 0.968 bits per heavy atom. The van der Waals surface area contributed by atoms with E-state index in [-0.39, 0.29) is 0 Å². The van der Waals surface area contributed by atoms with Gasteiger partial charge in [-0.15, -0.1) is 0 Å². The number of methoxy groups -OCH3 is 2. The van der Waals surface area contributed by atoms with Crippen LogP contribution in [-0.4, -0.2) is 43.5 Å². The zero-order chi connectivity index (χ0) is 22.9. The van der Waals surface area contributed by atoms with Crippen LogP contribution in [0.2, 0.25) is 0 Å². The number of aliphatic hydroxyl groups is 1. The Hall–Kier alpha value is -2.99. The summed E-state index contributed by atoms with van der Waals surface area (Å²) in [5.74, 6) is 1.16. The normalized spacial score (nSPS) is 12.5. The van der Waals surface area contributed by atoms with Crippen LogP contribution in [0.15, 0.2) is 60.7 Å². The van der Waals surface area contributed by atoms with Crippen LogP contribution in [-0.2, 0) is 9.53 Å². The summed E-state index contributed by atoms with van der Waals surface area (Å²) in [5, 5.41) is 10.4. The molecule has 0 saturated carbocycles. The molecule has 31 heavy (non-hydrogen) atoms. The first-order valence-corrected chi connectivity index (χ1v) is 10.3. The molecule has 1 atom stereocenters. The summed E-state index contributed by atoms with van der Waals surface area (Å²) in [6.07, 6.45) is 3.34. The van der Waals surface area contributed by atoms with E-state index in [1.54, 1.807) is 20.3 Å². The Morgan fingerprint density at radius 3 is 1.87 bits per heavy atom. The Labute approximate surface area is 185 Å². The molecule has 2 aromatic carbocycles. The fraction of sp³-hybridized carbons (Fsp3) is 0.400. The van der Waals surface area contributed by atoms with E-state index in [0.29, 0.717) is 19.4 Å². The second-order valence-electron chi connectivity index (χ2n) is 8.16. The third kappa shape index (κ3) is 8.34. The highest BCUT2D eigenvalue weighted by Gasteiger charge is 2.15. The number of hydrogen-bond donors (Lipinski definition) is 1. The van der Waals surface area contributed by atoms with E-state index in [2.05, 4.69) is 4.90 Å². The molecule has 0 fully saturated rings. The van der Waals surface area contributed by atoms with Gasteiger partial charge in [-0.2, -0.15) is 0 Å². The summed E-state index contributed by atoms with van der Waals surface area (Å²) in [4.78, 5) is 13.9. The first-order chi connectivity index (χ1) is 14.7.